The maximum absolute atomic E-state index is 12.6. The fraction of sp³-hybridized carbons (Fsp3) is 0.474. The van der Waals surface area contributed by atoms with Crippen LogP contribution in [0.2, 0.25) is 0 Å². The minimum absolute atomic E-state index is 0.00369. The molecule has 1 aromatic heterocycles. The summed E-state index contributed by atoms with van der Waals surface area (Å²) in [5.74, 6) is 0.0754. The molecule has 0 saturated heterocycles. The summed E-state index contributed by atoms with van der Waals surface area (Å²) in [5.41, 5.74) is 6.42. The van der Waals surface area contributed by atoms with Crippen molar-refractivity contribution in [3.8, 4) is 0 Å². The lowest BCUT2D eigenvalue weighted by atomic mass is 10.1. The molecule has 0 aliphatic heterocycles. The van der Waals surface area contributed by atoms with Crippen LogP contribution in [-0.4, -0.2) is 34.7 Å². The number of aromatic nitrogens is 2. The summed E-state index contributed by atoms with van der Waals surface area (Å²) in [6.07, 6.45) is 1.60. The summed E-state index contributed by atoms with van der Waals surface area (Å²) in [5, 5.41) is 11.3. The van der Waals surface area contributed by atoms with Crippen molar-refractivity contribution in [1.29, 1.82) is 0 Å². The predicted octanol–water partition coefficient (Wildman–Crippen LogP) is 1.79. The summed E-state index contributed by atoms with van der Waals surface area (Å²) in [6, 6.07) is 4.80. The van der Waals surface area contributed by atoms with Crippen molar-refractivity contribution in [2.45, 2.75) is 39.8 Å². The number of nitrogen functional groups attached to an aromatic ring is 1. The van der Waals surface area contributed by atoms with Gasteiger partial charge in [0.05, 0.1) is 11.5 Å². The SMILES string of the molecule is CCCCn1c(N)c(N(CCOC)Cc2cccc([N+](=O)[O-])c2C)c(=O)[nH]c1=O. The zero-order valence-corrected chi connectivity index (χ0v) is 16.9. The highest BCUT2D eigenvalue weighted by Gasteiger charge is 2.21. The molecule has 0 amide bonds. The molecule has 10 heteroatoms. The van der Waals surface area contributed by atoms with E-state index in [0.717, 1.165) is 12.8 Å². The topological polar surface area (TPSA) is 136 Å². The van der Waals surface area contributed by atoms with Gasteiger partial charge in [0.1, 0.15) is 11.5 Å². The van der Waals surface area contributed by atoms with E-state index in [2.05, 4.69) is 4.98 Å². The van der Waals surface area contributed by atoms with Crippen molar-refractivity contribution in [3.63, 3.8) is 0 Å². The minimum Gasteiger partial charge on any atom is -0.383 e. The Balaban J connectivity index is 2.54. The number of anilines is 2. The second kappa shape index (κ2) is 9.87. The third-order valence-electron chi connectivity index (χ3n) is 4.81. The number of nitrogens with one attached hydrogen (secondary N) is 1. The van der Waals surface area contributed by atoms with Gasteiger partial charge in [-0.1, -0.05) is 25.5 Å². The first-order valence-corrected chi connectivity index (χ1v) is 9.41. The number of hydrogen-bond donors (Lipinski definition) is 2. The summed E-state index contributed by atoms with van der Waals surface area (Å²) in [4.78, 5) is 39.6. The number of unbranched alkanes of at least 4 members (excludes halogenated alkanes) is 1. The predicted molar refractivity (Wildman–Crippen MR) is 111 cm³/mol. The molecule has 158 valence electrons. The van der Waals surface area contributed by atoms with E-state index in [1.807, 2.05) is 6.92 Å². The van der Waals surface area contributed by atoms with Gasteiger partial charge in [-0.25, -0.2) is 4.79 Å². The molecular weight excluding hydrogens is 378 g/mol. The van der Waals surface area contributed by atoms with Gasteiger partial charge >= 0.3 is 5.69 Å². The van der Waals surface area contributed by atoms with Crippen LogP contribution in [-0.2, 0) is 17.8 Å². The largest absolute Gasteiger partial charge is 0.383 e. The van der Waals surface area contributed by atoms with E-state index in [-0.39, 0.29) is 23.7 Å². The number of nitrogens with zero attached hydrogens (tertiary/aromatic N) is 3. The Morgan fingerprint density at radius 3 is 2.69 bits per heavy atom. The van der Waals surface area contributed by atoms with Crippen LogP contribution < -0.4 is 21.9 Å². The Kier molecular flexibility index (Phi) is 7.54. The van der Waals surface area contributed by atoms with Crippen molar-refractivity contribution in [2.75, 3.05) is 30.9 Å². The highest BCUT2D eigenvalue weighted by Crippen LogP contribution is 2.25. The van der Waals surface area contributed by atoms with Crippen molar-refractivity contribution in [2.24, 2.45) is 0 Å². The molecule has 2 rings (SSSR count). The number of nitro benzene ring substituents is 1. The van der Waals surface area contributed by atoms with Crippen LogP contribution in [0.25, 0.3) is 0 Å². The molecule has 0 saturated carbocycles. The lowest BCUT2D eigenvalue weighted by Gasteiger charge is -2.26. The van der Waals surface area contributed by atoms with Gasteiger partial charge in [-0.2, -0.15) is 0 Å². The molecular formula is C19H27N5O5. The van der Waals surface area contributed by atoms with E-state index in [9.17, 15) is 19.7 Å². The zero-order valence-electron chi connectivity index (χ0n) is 16.9. The lowest BCUT2D eigenvalue weighted by molar-refractivity contribution is -0.385. The summed E-state index contributed by atoms with van der Waals surface area (Å²) >= 11 is 0. The first-order valence-electron chi connectivity index (χ1n) is 9.41. The molecule has 1 aromatic carbocycles. The van der Waals surface area contributed by atoms with Crippen molar-refractivity contribution >= 4 is 17.2 Å². The Morgan fingerprint density at radius 2 is 2.07 bits per heavy atom. The first-order chi connectivity index (χ1) is 13.8. The number of aromatic amines is 1. The number of benzene rings is 1. The van der Waals surface area contributed by atoms with Crippen molar-refractivity contribution < 1.29 is 9.66 Å². The van der Waals surface area contributed by atoms with Crippen LogP contribution >= 0.6 is 0 Å². The average Bonchev–Trinajstić information content (AvgIpc) is 2.66. The molecule has 0 aliphatic carbocycles. The van der Waals surface area contributed by atoms with Gasteiger partial charge in [-0.05, 0) is 18.9 Å². The average molecular weight is 405 g/mol. The van der Waals surface area contributed by atoms with Gasteiger partial charge in [-0.3, -0.25) is 24.5 Å². The normalized spacial score (nSPS) is 10.9. The number of nitro groups is 1. The Morgan fingerprint density at radius 1 is 1.34 bits per heavy atom. The van der Waals surface area contributed by atoms with Crippen LogP contribution in [0.5, 0.6) is 0 Å². The zero-order chi connectivity index (χ0) is 21.6. The van der Waals surface area contributed by atoms with E-state index in [1.54, 1.807) is 24.0 Å². The smallest absolute Gasteiger partial charge is 0.330 e. The van der Waals surface area contributed by atoms with Gasteiger partial charge in [-0.15, -0.1) is 0 Å². The summed E-state index contributed by atoms with van der Waals surface area (Å²) in [6.45, 7) is 4.87. The highest BCUT2D eigenvalue weighted by atomic mass is 16.6. The van der Waals surface area contributed by atoms with Crippen LogP contribution in [0.3, 0.4) is 0 Å². The molecule has 3 N–H and O–H groups in total. The number of rotatable bonds is 10. The molecule has 10 nitrogen and oxygen atoms in total. The maximum Gasteiger partial charge on any atom is 0.330 e. The molecule has 0 bridgehead atoms. The highest BCUT2D eigenvalue weighted by molar-refractivity contribution is 5.63. The molecule has 1 heterocycles. The molecule has 0 spiro atoms. The van der Waals surface area contributed by atoms with Crippen LogP contribution in [0.15, 0.2) is 27.8 Å². The third-order valence-corrected chi connectivity index (χ3v) is 4.81. The van der Waals surface area contributed by atoms with Crippen molar-refractivity contribution in [3.05, 3.63) is 60.3 Å². The molecule has 0 unspecified atom stereocenters. The van der Waals surface area contributed by atoms with Gasteiger partial charge in [0.15, 0.2) is 0 Å². The number of ether oxygens (including phenoxy) is 1. The van der Waals surface area contributed by atoms with E-state index >= 15 is 0 Å². The molecule has 0 atom stereocenters. The first kappa shape index (κ1) is 22.2. The third kappa shape index (κ3) is 5.02. The van der Waals surface area contributed by atoms with Gasteiger partial charge in [0.2, 0.25) is 0 Å². The molecule has 0 fully saturated rings. The fourth-order valence-electron chi connectivity index (χ4n) is 3.14. The Labute approximate surface area is 168 Å². The number of methoxy groups -OCH3 is 1. The van der Waals surface area contributed by atoms with Crippen LogP contribution in [0, 0.1) is 17.0 Å². The van der Waals surface area contributed by atoms with E-state index in [1.165, 1.54) is 17.7 Å². The molecule has 0 radical (unpaired) electrons. The van der Waals surface area contributed by atoms with Crippen LogP contribution in [0.1, 0.15) is 30.9 Å². The summed E-state index contributed by atoms with van der Waals surface area (Å²) in [7, 11) is 1.53. The second-order valence-electron chi connectivity index (χ2n) is 6.73. The van der Waals surface area contributed by atoms with E-state index in [4.69, 9.17) is 10.5 Å². The monoisotopic (exact) mass is 405 g/mol. The molecule has 2 aromatic rings. The van der Waals surface area contributed by atoms with E-state index < -0.39 is 16.2 Å². The van der Waals surface area contributed by atoms with Crippen LogP contribution in [0.4, 0.5) is 17.2 Å². The number of H-pyrrole nitrogens is 1. The van der Waals surface area contributed by atoms with Gasteiger partial charge in [0.25, 0.3) is 11.2 Å². The number of hydrogen-bond acceptors (Lipinski definition) is 7. The quantitative estimate of drug-likeness (QED) is 0.454. The summed E-state index contributed by atoms with van der Waals surface area (Å²) < 4.78 is 6.50. The fourth-order valence-corrected chi connectivity index (χ4v) is 3.14. The standard InChI is InChI=1S/C19H27N5O5/c1-4-5-9-23-17(20)16(18(25)21-19(23)26)22(10-11-29-3)12-14-7-6-8-15(13(14)2)24(27)28/h6-8H,4-5,9-12,20H2,1-3H3,(H,21,25,26). The second-order valence-corrected chi connectivity index (χ2v) is 6.73. The minimum atomic E-state index is -0.598. The lowest BCUT2D eigenvalue weighted by Crippen LogP contribution is -2.39. The van der Waals surface area contributed by atoms with Gasteiger partial charge < -0.3 is 15.4 Å². The molecule has 29 heavy (non-hydrogen) atoms. The Bertz CT molecular complexity index is 982. The van der Waals surface area contributed by atoms with Crippen molar-refractivity contribution in [1.82, 2.24) is 9.55 Å². The Hall–Kier alpha value is -3.14. The number of nitrogens with two attached hydrogens (primary N) is 1. The van der Waals surface area contributed by atoms with Gasteiger partial charge in [0, 0.05) is 38.4 Å². The van der Waals surface area contributed by atoms with E-state index in [0.29, 0.717) is 30.8 Å². The maximum atomic E-state index is 12.6. The molecule has 0 aliphatic rings.